The molecule has 7 amide bonds. The molecule has 0 aliphatic carbocycles. The Morgan fingerprint density at radius 3 is 1.42 bits per heavy atom. The van der Waals surface area contributed by atoms with Crippen LogP contribution in [0.1, 0.15) is 16.7 Å². The molecule has 2 aliphatic heterocycles. The fraction of sp³-hybridized carbons (Fsp3) is 0.143. The summed E-state index contributed by atoms with van der Waals surface area (Å²) >= 11 is 2.07. The molecule has 0 spiro atoms. The first-order valence-corrected chi connectivity index (χ1v) is 21.6. The summed E-state index contributed by atoms with van der Waals surface area (Å²) in [6.07, 6.45) is 1.37. The van der Waals surface area contributed by atoms with E-state index >= 15 is 0 Å². The monoisotopic (exact) mass is 861 g/mol. The van der Waals surface area contributed by atoms with Crippen molar-refractivity contribution in [2.24, 2.45) is 0 Å². The van der Waals surface area contributed by atoms with E-state index in [0.29, 0.717) is 19.3 Å². The van der Waals surface area contributed by atoms with Crippen LogP contribution in [-0.2, 0) is 33.6 Å². The third-order valence-corrected chi connectivity index (χ3v) is 12.3. The Bertz CT molecular complexity index is 2410. The van der Waals surface area contributed by atoms with Gasteiger partial charge in [-0.2, -0.15) is 0 Å². The van der Waals surface area contributed by atoms with Gasteiger partial charge in [-0.3, -0.25) is 39.5 Å². The van der Waals surface area contributed by atoms with Crippen molar-refractivity contribution < 1.29 is 28.8 Å². The van der Waals surface area contributed by atoms with Crippen LogP contribution in [0.15, 0.2) is 158 Å². The number of likely N-dealkylation sites (N-methyl/N-ethyl adjacent to an activating group) is 1. The molecule has 2 aliphatic rings. The van der Waals surface area contributed by atoms with Crippen LogP contribution in [-0.4, -0.2) is 58.8 Å². The number of hydrogen-bond donors (Lipinski definition) is 3. The molecule has 0 bridgehead atoms. The van der Waals surface area contributed by atoms with E-state index < -0.39 is 0 Å². The molecule has 0 saturated carbocycles. The van der Waals surface area contributed by atoms with Gasteiger partial charge in [-0.15, -0.1) is 0 Å². The van der Waals surface area contributed by atoms with Crippen LogP contribution in [0.4, 0.5) is 31.4 Å². The molecule has 6 aromatic rings. The number of imide groups is 2. The van der Waals surface area contributed by atoms with Crippen LogP contribution in [0.3, 0.4) is 0 Å². The molecule has 8 rings (SSSR count). The SMILES string of the molecule is CN(C(=O)Cc1ccccc1)c1cccc(-c2ccc(CC3SC(=O)NC3=O)cc2)c1.CN(C(=O)Nc1ccccc1)c1cccc(-c2ccc(CC3SC(=O)NC3=O)cc2)c1. The summed E-state index contributed by atoms with van der Waals surface area (Å²) in [4.78, 5) is 74.7. The number of urea groups is 1. The Balaban J connectivity index is 0.000000186. The standard InChI is InChI=1S/C25H22N2O3S.C24H21N3O3S/c1-27(23(28)15-17-6-3-2-4-7-17)21-9-5-8-20(16-21)19-12-10-18(11-13-19)14-22-24(29)26-25(30)31-22;1-27(23(29)25-19-7-3-2-4-8-19)20-9-5-6-18(15-20)17-12-10-16(11-13-17)14-21-22(28)26-24(30)31-21/h2-13,16,22H,14-15H2,1H3,(H,26,29,30);2-13,15,21H,14H2,1H3,(H,25,29)(H,26,28,30). The Morgan fingerprint density at radius 1 is 0.516 bits per heavy atom. The topological polar surface area (TPSA) is 145 Å². The number of thioether (sulfide) groups is 2. The van der Waals surface area contributed by atoms with Crippen molar-refractivity contribution in [1.29, 1.82) is 0 Å². The van der Waals surface area contributed by atoms with E-state index in [-0.39, 0.29) is 44.7 Å². The number of carbonyl (C=O) groups is 6. The van der Waals surface area contributed by atoms with E-state index in [1.54, 1.807) is 23.9 Å². The lowest BCUT2D eigenvalue weighted by molar-refractivity contribution is -0.119. The van der Waals surface area contributed by atoms with Crippen molar-refractivity contribution in [1.82, 2.24) is 10.6 Å². The highest BCUT2D eigenvalue weighted by Crippen LogP contribution is 2.29. The number of hydrogen-bond acceptors (Lipinski definition) is 8. The third kappa shape index (κ3) is 11.2. The third-order valence-electron chi connectivity index (χ3n) is 10.3. The molecular weight excluding hydrogens is 819 g/mol. The average Bonchev–Trinajstić information content (AvgIpc) is 3.79. The van der Waals surface area contributed by atoms with Crippen LogP contribution in [0.25, 0.3) is 22.3 Å². The number of nitrogens with zero attached hydrogens (tertiary/aromatic N) is 2. The molecule has 2 atom stereocenters. The molecule has 2 heterocycles. The Labute approximate surface area is 368 Å². The molecule has 6 aromatic carbocycles. The number of para-hydroxylation sites is 1. The predicted molar refractivity (Wildman–Crippen MR) is 248 cm³/mol. The lowest BCUT2D eigenvalue weighted by Crippen LogP contribution is -2.31. The quantitative estimate of drug-likeness (QED) is 0.117. The van der Waals surface area contributed by atoms with Gasteiger partial charge in [0.15, 0.2) is 0 Å². The number of amides is 7. The number of anilines is 3. The lowest BCUT2D eigenvalue weighted by atomic mass is 10.0. The van der Waals surface area contributed by atoms with Gasteiger partial charge >= 0.3 is 6.03 Å². The van der Waals surface area contributed by atoms with Crippen LogP contribution in [0.2, 0.25) is 0 Å². The average molecular weight is 862 g/mol. The summed E-state index contributed by atoms with van der Waals surface area (Å²) in [6, 6.07) is 50.3. The smallest absolute Gasteiger partial charge is 0.315 e. The minimum Gasteiger partial charge on any atom is -0.315 e. The predicted octanol–water partition coefficient (Wildman–Crippen LogP) is 9.37. The van der Waals surface area contributed by atoms with Gasteiger partial charge in [-0.05, 0) is 88.2 Å². The van der Waals surface area contributed by atoms with Gasteiger partial charge in [0.1, 0.15) is 0 Å². The van der Waals surface area contributed by atoms with Crippen molar-refractivity contribution in [3.8, 4) is 22.3 Å². The number of carbonyl (C=O) groups excluding carboxylic acids is 6. The molecule has 11 nitrogen and oxygen atoms in total. The zero-order valence-corrected chi connectivity index (χ0v) is 35.6. The van der Waals surface area contributed by atoms with E-state index in [4.69, 9.17) is 0 Å². The van der Waals surface area contributed by atoms with Crippen molar-refractivity contribution >= 4 is 74.8 Å². The van der Waals surface area contributed by atoms with Crippen LogP contribution in [0.5, 0.6) is 0 Å². The van der Waals surface area contributed by atoms with E-state index in [1.807, 2.05) is 158 Å². The zero-order valence-electron chi connectivity index (χ0n) is 33.9. The van der Waals surface area contributed by atoms with Crippen LogP contribution in [0, 0.1) is 0 Å². The highest BCUT2D eigenvalue weighted by atomic mass is 32.2. The van der Waals surface area contributed by atoms with Crippen LogP contribution >= 0.6 is 23.5 Å². The van der Waals surface area contributed by atoms with Gasteiger partial charge in [-0.25, -0.2) is 4.79 Å². The van der Waals surface area contributed by atoms with Crippen molar-refractivity contribution in [3.63, 3.8) is 0 Å². The fourth-order valence-electron chi connectivity index (χ4n) is 6.82. The zero-order chi connectivity index (χ0) is 43.6. The Morgan fingerprint density at radius 2 is 0.968 bits per heavy atom. The minimum absolute atomic E-state index is 0.0283. The van der Waals surface area contributed by atoms with Crippen molar-refractivity contribution in [2.75, 3.05) is 29.2 Å². The molecule has 2 unspecified atom stereocenters. The maximum Gasteiger partial charge on any atom is 0.326 e. The fourth-order valence-corrected chi connectivity index (χ4v) is 8.54. The second kappa shape index (κ2) is 20.1. The summed E-state index contributed by atoms with van der Waals surface area (Å²) in [5, 5.41) is 6.19. The Kier molecular flexibility index (Phi) is 14.0. The molecule has 0 aromatic heterocycles. The van der Waals surface area contributed by atoms with Gasteiger partial charge in [0.2, 0.25) is 17.7 Å². The van der Waals surface area contributed by atoms with E-state index in [0.717, 1.165) is 79.5 Å². The molecule has 2 fully saturated rings. The molecule has 0 radical (unpaired) electrons. The van der Waals surface area contributed by atoms with E-state index in [9.17, 15) is 28.8 Å². The van der Waals surface area contributed by atoms with Crippen molar-refractivity contribution in [3.05, 3.63) is 174 Å². The van der Waals surface area contributed by atoms with Gasteiger partial charge in [0, 0.05) is 31.2 Å². The second-order valence-electron chi connectivity index (χ2n) is 14.6. The number of rotatable bonds is 11. The summed E-state index contributed by atoms with van der Waals surface area (Å²) in [7, 11) is 3.52. The first-order valence-electron chi connectivity index (χ1n) is 19.8. The maximum absolute atomic E-state index is 12.7. The highest BCUT2D eigenvalue weighted by Gasteiger charge is 2.32. The molecule has 62 heavy (non-hydrogen) atoms. The normalized spacial score (nSPS) is 15.5. The van der Waals surface area contributed by atoms with Gasteiger partial charge in [0.25, 0.3) is 10.5 Å². The van der Waals surface area contributed by atoms with Gasteiger partial charge in [-0.1, -0.05) is 145 Å². The molecule has 13 heteroatoms. The molecule has 312 valence electrons. The van der Waals surface area contributed by atoms with E-state index in [1.165, 1.54) is 0 Å². The summed E-state index contributed by atoms with van der Waals surface area (Å²) < 4.78 is 0. The van der Waals surface area contributed by atoms with Crippen LogP contribution < -0.4 is 25.8 Å². The summed E-state index contributed by atoms with van der Waals surface area (Å²) in [6.45, 7) is 0. The summed E-state index contributed by atoms with van der Waals surface area (Å²) in [5.41, 5.74) is 9.32. The van der Waals surface area contributed by atoms with Crippen molar-refractivity contribution in [2.45, 2.75) is 29.8 Å². The maximum atomic E-state index is 12.7. The first kappa shape index (κ1) is 43.1. The molecule has 2 saturated heterocycles. The number of benzene rings is 6. The van der Waals surface area contributed by atoms with Gasteiger partial charge in [0.05, 0.1) is 16.9 Å². The largest absolute Gasteiger partial charge is 0.326 e. The molecular formula is C49H43N5O6S2. The Hall–Kier alpha value is -6.96. The summed E-state index contributed by atoms with van der Waals surface area (Å²) in [5.74, 6) is -0.431. The highest BCUT2D eigenvalue weighted by molar-refractivity contribution is 8.15. The van der Waals surface area contributed by atoms with E-state index in [2.05, 4.69) is 16.0 Å². The first-order chi connectivity index (χ1) is 30.0. The minimum atomic E-state index is -0.376. The second-order valence-corrected chi connectivity index (χ2v) is 17.0. The van der Waals surface area contributed by atoms with Gasteiger partial charge < -0.3 is 10.2 Å². The lowest BCUT2D eigenvalue weighted by Gasteiger charge is -2.19. The number of nitrogens with one attached hydrogen (secondary N) is 3. The molecule has 3 N–H and O–H groups in total.